The van der Waals surface area contributed by atoms with Crippen LogP contribution in [0.25, 0.3) is 0 Å². The van der Waals surface area contributed by atoms with Gasteiger partial charge in [0.05, 0.1) is 0 Å². The molecule has 2 nitrogen and oxygen atoms in total. The summed E-state index contributed by atoms with van der Waals surface area (Å²) in [6.45, 7) is 8.61. The number of nitrogens with zero attached hydrogens (tertiary/aromatic N) is 2. The molecule has 0 N–H and O–H groups in total. The van der Waals surface area contributed by atoms with Crippen LogP contribution in [0.4, 0.5) is 5.69 Å². The van der Waals surface area contributed by atoms with Crippen LogP contribution in [0.1, 0.15) is 38.7 Å². The molecule has 1 atom stereocenters. The number of rotatable bonds is 0. The lowest BCUT2D eigenvalue weighted by Gasteiger charge is -2.35. The maximum absolute atomic E-state index is 2.71. The fourth-order valence-electron chi connectivity index (χ4n) is 5.19. The summed E-state index contributed by atoms with van der Waals surface area (Å²) in [4.78, 5) is 2.47. The molecule has 0 aliphatic carbocycles. The van der Waals surface area contributed by atoms with Gasteiger partial charge in [0.25, 0.3) is 0 Å². The van der Waals surface area contributed by atoms with Crippen molar-refractivity contribution in [3.8, 4) is 0 Å². The fraction of sp³-hybridized carbons (Fsp3) is 0.611. The number of fused-ring (bicyclic) bond motifs is 3. The largest absolute Gasteiger partial charge is 0.373 e. The Morgan fingerprint density at radius 2 is 1.90 bits per heavy atom. The van der Waals surface area contributed by atoms with Crippen LogP contribution in [-0.4, -0.2) is 37.0 Å². The zero-order valence-electron chi connectivity index (χ0n) is 12.9. The number of hydrogen-bond acceptors (Lipinski definition) is 1. The first-order valence-corrected chi connectivity index (χ1v) is 7.98. The number of likely N-dealkylation sites (N-methyl/N-ethyl adjacent to an activating group) is 1. The molecule has 0 bridgehead atoms. The van der Waals surface area contributed by atoms with E-state index in [9.17, 15) is 0 Å². The topological polar surface area (TPSA) is 6.25 Å². The van der Waals surface area contributed by atoms with Crippen molar-refractivity contribution >= 4 is 11.4 Å². The van der Waals surface area contributed by atoms with Gasteiger partial charge >= 0.3 is 0 Å². The average molecular weight is 269 g/mol. The third kappa shape index (κ3) is 1.43. The van der Waals surface area contributed by atoms with E-state index in [1.54, 1.807) is 11.3 Å². The second-order valence-electron chi connectivity index (χ2n) is 7.53. The van der Waals surface area contributed by atoms with Crippen molar-refractivity contribution in [2.75, 3.05) is 31.6 Å². The molecule has 2 heteroatoms. The first kappa shape index (κ1) is 12.4. The number of hydrogen-bond donors (Lipinski definition) is 0. The van der Waals surface area contributed by atoms with Gasteiger partial charge in [-0.2, -0.15) is 0 Å². The van der Waals surface area contributed by atoms with Gasteiger partial charge in [-0.25, -0.2) is 4.58 Å². The normalized spacial score (nSPS) is 30.9. The van der Waals surface area contributed by atoms with Gasteiger partial charge in [0.15, 0.2) is 5.71 Å². The SMILES string of the molecule is CN1CC2(CC[N+]3=C2C(C)(C)CCC3)c2ccccc21. The van der Waals surface area contributed by atoms with E-state index in [-0.39, 0.29) is 5.41 Å². The molecule has 1 aromatic rings. The molecular formula is C18H25N2+. The Morgan fingerprint density at radius 3 is 2.75 bits per heavy atom. The molecule has 0 fully saturated rings. The molecule has 3 aliphatic heterocycles. The summed E-state index contributed by atoms with van der Waals surface area (Å²) in [5.41, 5.74) is 5.40. The van der Waals surface area contributed by atoms with Crippen LogP contribution >= 0.6 is 0 Å². The molecule has 3 aliphatic rings. The molecular weight excluding hydrogens is 244 g/mol. The third-order valence-corrected chi connectivity index (χ3v) is 5.79. The van der Waals surface area contributed by atoms with Gasteiger partial charge in [0.1, 0.15) is 18.5 Å². The summed E-state index contributed by atoms with van der Waals surface area (Å²) >= 11 is 0. The molecule has 3 heterocycles. The van der Waals surface area contributed by atoms with Crippen LogP contribution in [0.5, 0.6) is 0 Å². The molecule has 1 spiro atoms. The number of para-hydroxylation sites is 1. The zero-order chi connectivity index (χ0) is 14.0. The zero-order valence-corrected chi connectivity index (χ0v) is 12.9. The highest BCUT2D eigenvalue weighted by Crippen LogP contribution is 2.50. The maximum Gasteiger partial charge on any atom is 0.170 e. The molecule has 0 aromatic heterocycles. The second-order valence-corrected chi connectivity index (χ2v) is 7.53. The van der Waals surface area contributed by atoms with Crippen molar-refractivity contribution < 1.29 is 4.58 Å². The summed E-state index contributed by atoms with van der Waals surface area (Å²) in [6, 6.07) is 9.07. The Hall–Kier alpha value is -1.31. The summed E-state index contributed by atoms with van der Waals surface area (Å²) in [5, 5.41) is 0. The van der Waals surface area contributed by atoms with Crippen molar-refractivity contribution in [3.05, 3.63) is 29.8 Å². The minimum Gasteiger partial charge on any atom is -0.373 e. The number of benzene rings is 1. The standard InChI is InChI=1S/C18H25N2/c1-17(2)9-6-11-20-12-10-18(16(17)20)13-19(3)15-8-5-4-7-14(15)18/h4-5,7-8H,6,9-13H2,1-3H3/q+1. The molecule has 20 heavy (non-hydrogen) atoms. The minimum atomic E-state index is 0.287. The van der Waals surface area contributed by atoms with Crippen LogP contribution < -0.4 is 4.90 Å². The lowest BCUT2D eigenvalue weighted by atomic mass is 9.65. The molecule has 0 saturated heterocycles. The lowest BCUT2D eigenvalue weighted by molar-refractivity contribution is -0.529. The summed E-state index contributed by atoms with van der Waals surface area (Å²) < 4.78 is 2.71. The van der Waals surface area contributed by atoms with Crippen LogP contribution in [0.3, 0.4) is 0 Å². The van der Waals surface area contributed by atoms with Gasteiger partial charge in [-0.05, 0) is 18.1 Å². The number of anilines is 1. The predicted octanol–water partition coefficient (Wildman–Crippen LogP) is 3.05. The highest BCUT2D eigenvalue weighted by molar-refractivity contribution is 6.00. The maximum atomic E-state index is 2.71. The van der Waals surface area contributed by atoms with E-state index >= 15 is 0 Å². The Morgan fingerprint density at radius 1 is 1.10 bits per heavy atom. The van der Waals surface area contributed by atoms with Crippen LogP contribution in [0, 0.1) is 5.41 Å². The van der Waals surface area contributed by atoms with E-state index < -0.39 is 0 Å². The quantitative estimate of drug-likeness (QED) is 0.656. The van der Waals surface area contributed by atoms with Gasteiger partial charge in [0.2, 0.25) is 0 Å². The molecule has 106 valence electrons. The Bertz CT molecular complexity index is 599. The Labute approximate surface area is 122 Å². The molecule has 1 unspecified atom stereocenters. The highest BCUT2D eigenvalue weighted by Gasteiger charge is 2.59. The van der Waals surface area contributed by atoms with Crippen LogP contribution in [0.2, 0.25) is 0 Å². The fourth-order valence-corrected chi connectivity index (χ4v) is 5.19. The summed E-state index contributed by atoms with van der Waals surface area (Å²) in [5.74, 6) is 0. The van der Waals surface area contributed by atoms with Crippen molar-refractivity contribution in [3.63, 3.8) is 0 Å². The van der Waals surface area contributed by atoms with Gasteiger partial charge in [0, 0.05) is 37.5 Å². The van der Waals surface area contributed by atoms with Gasteiger partial charge < -0.3 is 4.90 Å². The van der Waals surface area contributed by atoms with E-state index in [2.05, 4.69) is 54.6 Å². The third-order valence-electron chi connectivity index (χ3n) is 5.79. The average Bonchev–Trinajstić information content (AvgIpc) is 2.92. The van der Waals surface area contributed by atoms with Crippen LogP contribution in [-0.2, 0) is 5.41 Å². The first-order chi connectivity index (χ1) is 9.55. The molecule has 0 amide bonds. The highest BCUT2D eigenvalue weighted by atomic mass is 15.2. The van der Waals surface area contributed by atoms with Crippen molar-refractivity contribution in [1.29, 1.82) is 0 Å². The smallest absolute Gasteiger partial charge is 0.170 e. The lowest BCUT2D eigenvalue weighted by Crippen LogP contribution is -2.48. The monoisotopic (exact) mass is 269 g/mol. The van der Waals surface area contributed by atoms with Crippen LogP contribution in [0.15, 0.2) is 24.3 Å². The van der Waals surface area contributed by atoms with E-state index in [4.69, 9.17) is 0 Å². The van der Waals surface area contributed by atoms with Crippen molar-refractivity contribution in [2.24, 2.45) is 5.41 Å². The molecule has 4 rings (SSSR count). The van der Waals surface area contributed by atoms with Gasteiger partial charge in [-0.3, -0.25) is 0 Å². The minimum absolute atomic E-state index is 0.287. The van der Waals surface area contributed by atoms with Crippen molar-refractivity contribution in [1.82, 2.24) is 0 Å². The summed E-state index contributed by atoms with van der Waals surface area (Å²) in [6.07, 6.45) is 3.99. The molecule has 0 radical (unpaired) electrons. The Balaban J connectivity index is 1.94. The molecule has 1 aromatic carbocycles. The van der Waals surface area contributed by atoms with Gasteiger partial charge in [-0.15, -0.1) is 0 Å². The molecule has 0 saturated carbocycles. The predicted molar refractivity (Wildman–Crippen MR) is 84.0 cm³/mol. The van der Waals surface area contributed by atoms with E-state index in [0.29, 0.717) is 5.41 Å². The summed E-state index contributed by atoms with van der Waals surface area (Å²) in [7, 11) is 2.26. The van der Waals surface area contributed by atoms with Gasteiger partial charge in [-0.1, -0.05) is 32.0 Å². The van der Waals surface area contributed by atoms with E-state index in [0.717, 1.165) is 0 Å². The second kappa shape index (κ2) is 3.87. The van der Waals surface area contributed by atoms with E-state index in [1.165, 1.54) is 44.6 Å². The van der Waals surface area contributed by atoms with Crippen molar-refractivity contribution in [2.45, 2.75) is 38.5 Å². The van der Waals surface area contributed by atoms with E-state index in [1.807, 2.05) is 0 Å². The first-order valence-electron chi connectivity index (χ1n) is 7.98. The Kier molecular flexibility index (Phi) is 2.40.